The van der Waals surface area contributed by atoms with Gasteiger partial charge in [0, 0.05) is 12.5 Å². The predicted molar refractivity (Wildman–Crippen MR) is 71.9 cm³/mol. The number of methoxy groups -OCH3 is 1. The summed E-state index contributed by atoms with van der Waals surface area (Å²) in [6.07, 6.45) is 10.5. The Balaban J connectivity index is 1.64. The highest BCUT2D eigenvalue weighted by molar-refractivity contribution is 5.81. The van der Waals surface area contributed by atoms with Crippen molar-refractivity contribution in [3.05, 3.63) is 0 Å². The average molecular weight is 267 g/mol. The molecular weight excluding hydrogens is 242 g/mol. The van der Waals surface area contributed by atoms with E-state index < -0.39 is 5.54 Å². The Morgan fingerprint density at radius 2 is 1.84 bits per heavy atom. The van der Waals surface area contributed by atoms with Crippen molar-refractivity contribution < 1.29 is 14.3 Å². The van der Waals surface area contributed by atoms with Gasteiger partial charge in [-0.25, -0.2) is 0 Å². The summed E-state index contributed by atoms with van der Waals surface area (Å²) in [6.45, 7) is 0. The van der Waals surface area contributed by atoms with Gasteiger partial charge in [0.25, 0.3) is 0 Å². The summed E-state index contributed by atoms with van der Waals surface area (Å²) < 4.78 is 11.2. The third kappa shape index (κ3) is 2.95. The van der Waals surface area contributed by atoms with Crippen LogP contribution in [0, 0.1) is 0 Å². The summed E-state index contributed by atoms with van der Waals surface area (Å²) in [5.74, 6) is -0.0960. The van der Waals surface area contributed by atoms with Crippen LogP contribution in [0.25, 0.3) is 0 Å². The molecule has 1 N–H and O–H groups in total. The fourth-order valence-corrected chi connectivity index (χ4v) is 3.31. The van der Waals surface area contributed by atoms with Crippen LogP contribution in [0.5, 0.6) is 0 Å². The first-order chi connectivity index (χ1) is 9.22. The maximum Gasteiger partial charge on any atom is 0.326 e. The fraction of sp³-hybridized carbons (Fsp3) is 0.933. The Morgan fingerprint density at radius 1 is 1.11 bits per heavy atom. The Morgan fingerprint density at radius 3 is 2.42 bits per heavy atom. The standard InChI is InChI=1S/C15H25NO3/c1-18-14(17)15(16-11-7-8-11)9-3-6-13(10-15)19-12-4-2-5-12/h11-13,16H,2-10H2,1H3. The van der Waals surface area contributed by atoms with Gasteiger partial charge in [-0.05, 0) is 51.4 Å². The number of nitrogens with one attached hydrogen (secondary N) is 1. The SMILES string of the molecule is COC(=O)C1(NC2CC2)CCCC(OC2CCC2)C1. The zero-order chi connectivity index (χ0) is 13.3. The number of esters is 1. The molecule has 3 aliphatic carbocycles. The van der Waals surface area contributed by atoms with E-state index in [2.05, 4.69) is 5.32 Å². The van der Waals surface area contributed by atoms with Gasteiger partial charge in [-0.2, -0.15) is 0 Å². The molecule has 108 valence electrons. The topological polar surface area (TPSA) is 47.6 Å². The molecule has 0 aromatic heterocycles. The van der Waals surface area contributed by atoms with Crippen molar-refractivity contribution >= 4 is 5.97 Å². The van der Waals surface area contributed by atoms with E-state index >= 15 is 0 Å². The molecule has 0 aromatic carbocycles. The maximum atomic E-state index is 12.2. The second-order valence-corrected chi connectivity index (χ2v) is 6.40. The van der Waals surface area contributed by atoms with Crippen LogP contribution >= 0.6 is 0 Å². The number of rotatable bonds is 5. The average Bonchev–Trinajstić information content (AvgIpc) is 3.17. The van der Waals surface area contributed by atoms with Gasteiger partial charge in [0.2, 0.25) is 0 Å². The van der Waals surface area contributed by atoms with E-state index in [4.69, 9.17) is 9.47 Å². The maximum absolute atomic E-state index is 12.2. The summed E-state index contributed by atoms with van der Waals surface area (Å²) in [5, 5.41) is 3.54. The molecule has 0 aromatic rings. The highest BCUT2D eigenvalue weighted by Crippen LogP contribution is 2.36. The molecule has 4 heteroatoms. The molecule has 0 bridgehead atoms. The van der Waals surface area contributed by atoms with Gasteiger partial charge >= 0.3 is 5.97 Å². The van der Waals surface area contributed by atoms with Crippen LogP contribution in [0.1, 0.15) is 57.8 Å². The quantitative estimate of drug-likeness (QED) is 0.775. The summed E-state index contributed by atoms with van der Waals surface area (Å²) in [7, 11) is 1.50. The van der Waals surface area contributed by atoms with E-state index in [9.17, 15) is 4.79 Å². The second-order valence-electron chi connectivity index (χ2n) is 6.40. The second kappa shape index (κ2) is 5.41. The first kappa shape index (κ1) is 13.4. The van der Waals surface area contributed by atoms with Crippen LogP contribution in [0.3, 0.4) is 0 Å². The predicted octanol–water partition coefficient (Wildman–Crippen LogP) is 2.16. The first-order valence-electron chi connectivity index (χ1n) is 7.73. The van der Waals surface area contributed by atoms with Gasteiger partial charge in [0.15, 0.2) is 0 Å². The van der Waals surface area contributed by atoms with E-state index in [1.165, 1.54) is 39.2 Å². The van der Waals surface area contributed by atoms with Crippen molar-refractivity contribution in [2.24, 2.45) is 0 Å². The monoisotopic (exact) mass is 267 g/mol. The Kier molecular flexibility index (Phi) is 3.81. The van der Waals surface area contributed by atoms with Crippen LogP contribution in [-0.4, -0.2) is 36.9 Å². The number of carbonyl (C=O) groups is 1. The van der Waals surface area contributed by atoms with Crippen LogP contribution in [0.15, 0.2) is 0 Å². The minimum Gasteiger partial charge on any atom is -0.468 e. The molecule has 0 saturated heterocycles. The molecule has 3 aliphatic rings. The zero-order valence-corrected chi connectivity index (χ0v) is 11.8. The molecule has 4 nitrogen and oxygen atoms in total. The molecule has 3 rings (SSSR count). The van der Waals surface area contributed by atoms with E-state index in [1.54, 1.807) is 0 Å². The summed E-state index contributed by atoms with van der Waals surface area (Å²) in [6, 6.07) is 0.515. The number of hydrogen-bond donors (Lipinski definition) is 1. The van der Waals surface area contributed by atoms with E-state index in [1.807, 2.05) is 0 Å². The molecule has 0 heterocycles. The molecule has 3 fully saturated rings. The molecule has 2 atom stereocenters. The van der Waals surface area contributed by atoms with Gasteiger partial charge in [0.05, 0.1) is 19.3 Å². The van der Waals surface area contributed by atoms with Crippen LogP contribution in [0.4, 0.5) is 0 Å². The molecule has 0 spiro atoms. The fourth-order valence-electron chi connectivity index (χ4n) is 3.31. The first-order valence-corrected chi connectivity index (χ1v) is 7.73. The van der Waals surface area contributed by atoms with Gasteiger partial charge in [-0.3, -0.25) is 10.1 Å². The minimum atomic E-state index is -0.484. The number of hydrogen-bond acceptors (Lipinski definition) is 4. The Bertz CT molecular complexity index is 338. The van der Waals surface area contributed by atoms with Crippen molar-refractivity contribution in [1.82, 2.24) is 5.32 Å². The number of carbonyl (C=O) groups excluding carboxylic acids is 1. The zero-order valence-electron chi connectivity index (χ0n) is 11.8. The molecule has 2 unspecified atom stereocenters. The van der Waals surface area contributed by atoms with E-state index in [0.717, 1.165) is 25.7 Å². The van der Waals surface area contributed by atoms with Crippen molar-refractivity contribution in [3.63, 3.8) is 0 Å². The highest BCUT2D eigenvalue weighted by atomic mass is 16.5. The Hall–Kier alpha value is -0.610. The minimum absolute atomic E-state index is 0.0960. The van der Waals surface area contributed by atoms with Gasteiger partial charge in [0.1, 0.15) is 5.54 Å². The van der Waals surface area contributed by atoms with Crippen LogP contribution in [-0.2, 0) is 14.3 Å². The molecule has 0 aliphatic heterocycles. The summed E-state index contributed by atoms with van der Waals surface area (Å²) in [5.41, 5.74) is -0.484. The third-order valence-electron chi connectivity index (χ3n) is 4.78. The van der Waals surface area contributed by atoms with Gasteiger partial charge < -0.3 is 9.47 Å². The molecule has 3 saturated carbocycles. The Labute approximate surface area is 115 Å². The highest BCUT2D eigenvalue weighted by Gasteiger charge is 2.47. The van der Waals surface area contributed by atoms with Crippen LogP contribution < -0.4 is 5.32 Å². The normalized spacial score (nSPS) is 35.7. The lowest BCUT2D eigenvalue weighted by molar-refractivity contribution is -0.155. The van der Waals surface area contributed by atoms with Crippen molar-refractivity contribution in [1.29, 1.82) is 0 Å². The van der Waals surface area contributed by atoms with Gasteiger partial charge in [-0.1, -0.05) is 0 Å². The summed E-state index contributed by atoms with van der Waals surface area (Å²) >= 11 is 0. The largest absolute Gasteiger partial charge is 0.468 e. The molecule has 0 radical (unpaired) electrons. The lowest BCUT2D eigenvalue weighted by Crippen LogP contribution is -2.57. The van der Waals surface area contributed by atoms with Crippen molar-refractivity contribution in [2.75, 3.05) is 7.11 Å². The van der Waals surface area contributed by atoms with Crippen LogP contribution in [0.2, 0.25) is 0 Å². The third-order valence-corrected chi connectivity index (χ3v) is 4.78. The van der Waals surface area contributed by atoms with Gasteiger partial charge in [-0.15, -0.1) is 0 Å². The molecular formula is C15H25NO3. The lowest BCUT2D eigenvalue weighted by Gasteiger charge is -2.41. The lowest BCUT2D eigenvalue weighted by atomic mass is 9.79. The van der Waals surface area contributed by atoms with Crippen molar-refractivity contribution in [2.45, 2.75) is 81.6 Å². The van der Waals surface area contributed by atoms with E-state index in [0.29, 0.717) is 12.1 Å². The number of ether oxygens (including phenoxy) is 2. The smallest absolute Gasteiger partial charge is 0.326 e. The molecule has 19 heavy (non-hydrogen) atoms. The molecule has 0 amide bonds. The van der Waals surface area contributed by atoms with Crippen molar-refractivity contribution in [3.8, 4) is 0 Å². The summed E-state index contributed by atoms with van der Waals surface area (Å²) in [4.78, 5) is 12.2. The van der Waals surface area contributed by atoms with E-state index in [-0.39, 0.29) is 12.1 Å².